The predicted molar refractivity (Wildman–Crippen MR) is 81.6 cm³/mol. The first-order valence-corrected chi connectivity index (χ1v) is 6.86. The van der Waals surface area contributed by atoms with Crippen LogP contribution in [0, 0.1) is 33.5 Å². The van der Waals surface area contributed by atoms with Crippen molar-refractivity contribution in [3.8, 4) is 0 Å². The highest BCUT2D eigenvalue weighted by Crippen LogP contribution is 2.26. The quantitative estimate of drug-likeness (QED) is 0.881. The number of hydrogen-bond acceptors (Lipinski definition) is 2. The smallest absolute Gasteiger partial charge is 0.146 e. The van der Waals surface area contributed by atoms with Crippen molar-refractivity contribution in [1.82, 2.24) is 4.98 Å². The Kier molecular flexibility index (Phi) is 4.07. The second kappa shape index (κ2) is 5.61. The molecule has 2 aromatic rings. The number of nitrogens with one attached hydrogen (secondary N) is 1. The van der Waals surface area contributed by atoms with Crippen LogP contribution in [0.3, 0.4) is 0 Å². The Balaban J connectivity index is 2.31. The fourth-order valence-corrected chi connectivity index (χ4v) is 2.73. The predicted octanol–water partition coefficient (Wildman–Crippen LogP) is 4.63. The summed E-state index contributed by atoms with van der Waals surface area (Å²) >= 11 is 0. The van der Waals surface area contributed by atoms with Gasteiger partial charge in [0.2, 0.25) is 0 Å². The lowest BCUT2D eigenvalue weighted by atomic mass is 10.00. The molecule has 1 N–H and O–H groups in total. The standard InChI is InChI=1S/C17H21FN2/c1-10-6-7-16(15(18)8-10)20-14(5)17-11(2)9-12(3)19-13(17)4/h6-9,14,20H,1-5H3. The van der Waals surface area contributed by atoms with E-state index in [1.54, 1.807) is 12.1 Å². The number of hydrogen-bond donors (Lipinski definition) is 1. The Hall–Kier alpha value is -1.90. The van der Waals surface area contributed by atoms with Gasteiger partial charge in [-0.1, -0.05) is 6.07 Å². The molecule has 0 aliphatic rings. The fourth-order valence-electron chi connectivity index (χ4n) is 2.73. The molecule has 0 saturated carbocycles. The minimum Gasteiger partial charge on any atom is -0.376 e. The van der Waals surface area contributed by atoms with Crippen molar-refractivity contribution in [2.75, 3.05) is 5.32 Å². The zero-order valence-corrected chi connectivity index (χ0v) is 12.7. The number of nitrogens with zero attached hydrogens (tertiary/aromatic N) is 1. The zero-order valence-electron chi connectivity index (χ0n) is 12.7. The molecule has 0 aliphatic heterocycles. The summed E-state index contributed by atoms with van der Waals surface area (Å²) in [6.07, 6.45) is 0. The van der Waals surface area contributed by atoms with Crippen molar-refractivity contribution in [3.63, 3.8) is 0 Å². The van der Waals surface area contributed by atoms with Gasteiger partial charge in [-0.25, -0.2) is 4.39 Å². The molecule has 20 heavy (non-hydrogen) atoms. The normalized spacial score (nSPS) is 12.3. The minimum absolute atomic E-state index is 0.0142. The molecule has 1 aromatic carbocycles. The number of pyridine rings is 1. The van der Waals surface area contributed by atoms with Crippen molar-refractivity contribution >= 4 is 5.69 Å². The Morgan fingerprint density at radius 3 is 2.40 bits per heavy atom. The van der Waals surface area contributed by atoms with E-state index in [0.29, 0.717) is 5.69 Å². The van der Waals surface area contributed by atoms with Crippen LogP contribution in [0.2, 0.25) is 0 Å². The van der Waals surface area contributed by atoms with E-state index in [9.17, 15) is 4.39 Å². The van der Waals surface area contributed by atoms with Gasteiger partial charge >= 0.3 is 0 Å². The molecule has 0 spiro atoms. The molecule has 0 amide bonds. The Bertz CT molecular complexity index is 612. The van der Waals surface area contributed by atoms with Crippen LogP contribution in [0.25, 0.3) is 0 Å². The van der Waals surface area contributed by atoms with E-state index < -0.39 is 0 Å². The van der Waals surface area contributed by atoms with Gasteiger partial charge in [0, 0.05) is 11.4 Å². The zero-order chi connectivity index (χ0) is 14.9. The average molecular weight is 272 g/mol. The van der Waals surface area contributed by atoms with E-state index in [1.807, 2.05) is 33.8 Å². The maximum Gasteiger partial charge on any atom is 0.146 e. The Morgan fingerprint density at radius 1 is 1.10 bits per heavy atom. The van der Waals surface area contributed by atoms with Gasteiger partial charge in [-0.3, -0.25) is 4.98 Å². The summed E-state index contributed by atoms with van der Waals surface area (Å²) in [5, 5.41) is 3.24. The summed E-state index contributed by atoms with van der Waals surface area (Å²) < 4.78 is 13.9. The monoisotopic (exact) mass is 272 g/mol. The largest absolute Gasteiger partial charge is 0.376 e. The number of aryl methyl sites for hydroxylation is 4. The summed E-state index contributed by atoms with van der Waals surface area (Å²) in [6, 6.07) is 7.31. The maximum absolute atomic E-state index is 13.9. The first kappa shape index (κ1) is 14.5. The topological polar surface area (TPSA) is 24.9 Å². The van der Waals surface area contributed by atoms with Gasteiger partial charge in [0.1, 0.15) is 5.82 Å². The summed E-state index contributed by atoms with van der Waals surface area (Å²) in [5.41, 5.74) is 5.78. The molecule has 0 bridgehead atoms. The molecule has 2 rings (SSSR count). The fraction of sp³-hybridized carbons (Fsp3) is 0.353. The lowest BCUT2D eigenvalue weighted by Gasteiger charge is -2.20. The van der Waals surface area contributed by atoms with Crippen LogP contribution in [0.5, 0.6) is 0 Å². The first-order chi connectivity index (χ1) is 9.38. The molecule has 1 atom stereocenters. The SMILES string of the molecule is Cc1ccc(NC(C)c2c(C)cc(C)nc2C)c(F)c1. The maximum atomic E-state index is 13.9. The van der Waals surface area contributed by atoms with Crippen LogP contribution in [0.15, 0.2) is 24.3 Å². The van der Waals surface area contributed by atoms with Crippen molar-refractivity contribution in [3.05, 3.63) is 58.2 Å². The summed E-state index contributed by atoms with van der Waals surface area (Å²) in [6.45, 7) is 9.97. The molecule has 1 aromatic heterocycles. The van der Waals surface area contributed by atoms with Crippen molar-refractivity contribution in [1.29, 1.82) is 0 Å². The van der Waals surface area contributed by atoms with Crippen LogP contribution >= 0.6 is 0 Å². The molecule has 0 radical (unpaired) electrons. The third-order valence-corrected chi connectivity index (χ3v) is 3.51. The third kappa shape index (κ3) is 2.98. The second-order valence-corrected chi connectivity index (χ2v) is 5.43. The van der Waals surface area contributed by atoms with Gasteiger partial charge in [0.05, 0.1) is 11.7 Å². The Morgan fingerprint density at radius 2 is 1.80 bits per heavy atom. The molecule has 0 saturated heterocycles. The van der Waals surface area contributed by atoms with Gasteiger partial charge in [-0.2, -0.15) is 0 Å². The summed E-state index contributed by atoms with van der Waals surface area (Å²) in [7, 11) is 0. The first-order valence-electron chi connectivity index (χ1n) is 6.86. The highest BCUT2D eigenvalue weighted by Gasteiger charge is 2.14. The average Bonchev–Trinajstić information content (AvgIpc) is 2.31. The molecule has 1 unspecified atom stereocenters. The van der Waals surface area contributed by atoms with E-state index >= 15 is 0 Å². The minimum atomic E-state index is -0.216. The molecule has 0 aliphatic carbocycles. The van der Waals surface area contributed by atoms with Crippen molar-refractivity contribution < 1.29 is 4.39 Å². The van der Waals surface area contributed by atoms with Crippen LogP contribution in [0.1, 0.15) is 41.0 Å². The van der Waals surface area contributed by atoms with Gasteiger partial charge < -0.3 is 5.32 Å². The van der Waals surface area contributed by atoms with E-state index in [-0.39, 0.29) is 11.9 Å². The number of anilines is 1. The highest BCUT2D eigenvalue weighted by atomic mass is 19.1. The lowest BCUT2D eigenvalue weighted by molar-refractivity contribution is 0.626. The van der Waals surface area contributed by atoms with Gasteiger partial charge in [0.15, 0.2) is 0 Å². The molecule has 0 fully saturated rings. The van der Waals surface area contributed by atoms with Crippen LogP contribution in [-0.4, -0.2) is 4.98 Å². The lowest BCUT2D eigenvalue weighted by Crippen LogP contribution is -2.12. The Labute approximate surface area is 120 Å². The van der Waals surface area contributed by atoms with Crippen LogP contribution in [0.4, 0.5) is 10.1 Å². The van der Waals surface area contributed by atoms with E-state index in [2.05, 4.69) is 23.3 Å². The van der Waals surface area contributed by atoms with Crippen molar-refractivity contribution in [2.45, 2.75) is 40.7 Å². The second-order valence-electron chi connectivity index (χ2n) is 5.43. The summed E-state index contributed by atoms with van der Waals surface area (Å²) in [4.78, 5) is 4.50. The number of halogens is 1. The molecule has 2 nitrogen and oxygen atoms in total. The van der Waals surface area contributed by atoms with E-state index in [0.717, 1.165) is 22.5 Å². The van der Waals surface area contributed by atoms with Crippen LogP contribution < -0.4 is 5.32 Å². The number of rotatable bonds is 3. The molecular weight excluding hydrogens is 251 g/mol. The van der Waals surface area contributed by atoms with Gasteiger partial charge in [0.25, 0.3) is 0 Å². The third-order valence-electron chi connectivity index (χ3n) is 3.51. The number of benzene rings is 1. The highest BCUT2D eigenvalue weighted by molar-refractivity contribution is 5.49. The molecule has 1 heterocycles. The molecule has 106 valence electrons. The molecule has 3 heteroatoms. The van der Waals surface area contributed by atoms with E-state index in [4.69, 9.17) is 0 Å². The van der Waals surface area contributed by atoms with Crippen molar-refractivity contribution in [2.24, 2.45) is 0 Å². The summed E-state index contributed by atoms with van der Waals surface area (Å²) in [5.74, 6) is -0.216. The number of aromatic nitrogens is 1. The van der Waals surface area contributed by atoms with Gasteiger partial charge in [-0.15, -0.1) is 0 Å². The van der Waals surface area contributed by atoms with Crippen LogP contribution in [-0.2, 0) is 0 Å². The van der Waals surface area contributed by atoms with E-state index in [1.165, 1.54) is 5.56 Å². The van der Waals surface area contributed by atoms with Gasteiger partial charge in [-0.05, 0) is 69.5 Å². The molecular formula is C17H21FN2.